The van der Waals surface area contributed by atoms with Crippen molar-refractivity contribution in [2.24, 2.45) is 0 Å². The number of hydrogen-bond donors (Lipinski definition) is 0. The van der Waals surface area contributed by atoms with Crippen molar-refractivity contribution in [1.82, 2.24) is 14.8 Å². The summed E-state index contributed by atoms with van der Waals surface area (Å²) < 4.78 is 0. The Balaban J connectivity index is 2.03. The molecule has 1 aliphatic heterocycles. The zero-order valence-corrected chi connectivity index (χ0v) is 13.6. The van der Waals surface area contributed by atoms with Crippen LogP contribution in [-0.2, 0) is 6.42 Å². The van der Waals surface area contributed by atoms with Crippen LogP contribution in [0.4, 0.5) is 0 Å². The van der Waals surface area contributed by atoms with E-state index in [2.05, 4.69) is 36.0 Å². The van der Waals surface area contributed by atoms with Crippen LogP contribution in [0.25, 0.3) is 10.9 Å². The number of benzene rings is 1. The van der Waals surface area contributed by atoms with E-state index in [1.165, 1.54) is 5.56 Å². The summed E-state index contributed by atoms with van der Waals surface area (Å²) in [5.74, 6) is 0.136. The maximum absolute atomic E-state index is 13.0. The number of pyridine rings is 1. The highest BCUT2D eigenvalue weighted by atomic mass is 16.2. The average Bonchev–Trinajstić information content (AvgIpc) is 2.53. The van der Waals surface area contributed by atoms with Gasteiger partial charge in [-0.05, 0) is 44.2 Å². The van der Waals surface area contributed by atoms with Gasteiger partial charge in [-0.1, -0.05) is 13.0 Å². The van der Waals surface area contributed by atoms with E-state index in [4.69, 9.17) is 0 Å². The first-order chi connectivity index (χ1) is 10.6. The van der Waals surface area contributed by atoms with Gasteiger partial charge in [-0.2, -0.15) is 0 Å². The molecule has 0 aliphatic carbocycles. The van der Waals surface area contributed by atoms with Gasteiger partial charge in [0.1, 0.15) is 0 Å². The summed E-state index contributed by atoms with van der Waals surface area (Å²) in [4.78, 5) is 21.7. The van der Waals surface area contributed by atoms with Crippen LogP contribution in [0.2, 0.25) is 0 Å². The number of carbonyl (C=O) groups is 1. The highest BCUT2D eigenvalue weighted by molar-refractivity contribution is 6.06. The van der Waals surface area contributed by atoms with Crippen LogP contribution in [0.5, 0.6) is 0 Å². The number of aryl methyl sites for hydroxylation is 2. The van der Waals surface area contributed by atoms with Gasteiger partial charge in [0, 0.05) is 37.3 Å². The van der Waals surface area contributed by atoms with Crippen LogP contribution in [0, 0.1) is 6.92 Å². The summed E-state index contributed by atoms with van der Waals surface area (Å²) in [5.41, 5.74) is 3.84. The Kier molecular flexibility index (Phi) is 4.12. The van der Waals surface area contributed by atoms with Gasteiger partial charge in [0.15, 0.2) is 0 Å². The molecule has 1 aromatic heterocycles. The first-order valence-corrected chi connectivity index (χ1v) is 7.96. The monoisotopic (exact) mass is 297 g/mol. The van der Waals surface area contributed by atoms with Crippen molar-refractivity contribution in [2.45, 2.75) is 20.3 Å². The van der Waals surface area contributed by atoms with Crippen molar-refractivity contribution in [3.63, 3.8) is 0 Å². The normalized spacial score (nSPS) is 16.2. The minimum absolute atomic E-state index is 0.136. The molecule has 0 atom stereocenters. The minimum atomic E-state index is 0.136. The summed E-state index contributed by atoms with van der Waals surface area (Å²) >= 11 is 0. The van der Waals surface area contributed by atoms with Crippen LogP contribution >= 0.6 is 0 Å². The SMILES string of the molecule is CCc1ccc2nc(C)cc(C(=O)N3CCN(C)CC3)c2c1. The fourth-order valence-corrected chi connectivity index (χ4v) is 2.98. The first-order valence-electron chi connectivity index (χ1n) is 7.96. The Morgan fingerprint density at radius 3 is 2.59 bits per heavy atom. The largest absolute Gasteiger partial charge is 0.336 e. The summed E-state index contributed by atoms with van der Waals surface area (Å²) in [5, 5.41) is 0.980. The Morgan fingerprint density at radius 2 is 1.91 bits per heavy atom. The zero-order valence-electron chi connectivity index (χ0n) is 13.6. The number of amides is 1. The third-order valence-corrected chi connectivity index (χ3v) is 4.43. The number of piperazine rings is 1. The number of nitrogens with zero attached hydrogens (tertiary/aromatic N) is 3. The molecule has 116 valence electrons. The first kappa shape index (κ1) is 15.0. The second-order valence-corrected chi connectivity index (χ2v) is 6.11. The lowest BCUT2D eigenvalue weighted by atomic mass is 10.0. The fourth-order valence-electron chi connectivity index (χ4n) is 2.98. The van der Waals surface area contributed by atoms with Crippen LogP contribution < -0.4 is 0 Å². The van der Waals surface area contributed by atoms with Gasteiger partial charge in [0.2, 0.25) is 0 Å². The molecule has 4 nitrogen and oxygen atoms in total. The maximum Gasteiger partial charge on any atom is 0.254 e. The maximum atomic E-state index is 13.0. The van der Waals surface area contributed by atoms with E-state index in [-0.39, 0.29) is 5.91 Å². The Labute approximate surface area is 131 Å². The molecule has 1 amide bonds. The Hall–Kier alpha value is -1.94. The molecule has 0 unspecified atom stereocenters. The summed E-state index contributed by atoms with van der Waals surface area (Å²) in [6, 6.07) is 8.17. The molecule has 22 heavy (non-hydrogen) atoms. The smallest absolute Gasteiger partial charge is 0.254 e. The molecule has 1 fully saturated rings. The third-order valence-electron chi connectivity index (χ3n) is 4.43. The van der Waals surface area contributed by atoms with Crippen molar-refractivity contribution in [3.8, 4) is 0 Å². The van der Waals surface area contributed by atoms with Crippen LogP contribution in [0.3, 0.4) is 0 Å². The summed E-state index contributed by atoms with van der Waals surface area (Å²) in [6.45, 7) is 7.55. The predicted molar refractivity (Wildman–Crippen MR) is 89.3 cm³/mol. The van der Waals surface area contributed by atoms with Crippen molar-refractivity contribution in [2.75, 3.05) is 33.2 Å². The van der Waals surface area contributed by atoms with E-state index in [1.54, 1.807) is 0 Å². The van der Waals surface area contributed by atoms with Gasteiger partial charge in [0.05, 0.1) is 11.1 Å². The summed E-state index contributed by atoms with van der Waals surface area (Å²) in [6.07, 6.45) is 0.964. The lowest BCUT2D eigenvalue weighted by Crippen LogP contribution is -2.47. The molecule has 1 saturated heterocycles. The lowest BCUT2D eigenvalue weighted by molar-refractivity contribution is 0.0666. The van der Waals surface area contributed by atoms with Crippen molar-refractivity contribution < 1.29 is 4.79 Å². The molecule has 3 rings (SSSR count). The number of hydrogen-bond acceptors (Lipinski definition) is 3. The molecule has 2 heterocycles. The zero-order chi connectivity index (χ0) is 15.7. The molecular formula is C18H23N3O. The van der Waals surface area contributed by atoms with Gasteiger partial charge < -0.3 is 9.80 Å². The molecular weight excluding hydrogens is 274 g/mol. The quantitative estimate of drug-likeness (QED) is 0.854. The second kappa shape index (κ2) is 6.05. The minimum Gasteiger partial charge on any atom is -0.336 e. The van der Waals surface area contributed by atoms with E-state index in [0.29, 0.717) is 0 Å². The van der Waals surface area contributed by atoms with E-state index in [9.17, 15) is 4.79 Å². The number of aromatic nitrogens is 1. The second-order valence-electron chi connectivity index (χ2n) is 6.11. The highest BCUT2D eigenvalue weighted by Gasteiger charge is 2.22. The van der Waals surface area contributed by atoms with Crippen molar-refractivity contribution in [1.29, 1.82) is 0 Å². The van der Waals surface area contributed by atoms with Crippen LogP contribution in [0.1, 0.15) is 28.5 Å². The lowest BCUT2D eigenvalue weighted by Gasteiger charge is -2.32. The van der Waals surface area contributed by atoms with Gasteiger partial charge in [0.25, 0.3) is 5.91 Å². The molecule has 0 bridgehead atoms. The fraction of sp³-hybridized carbons (Fsp3) is 0.444. The van der Waals surface area contributed by atoms with E-state index >= 15 is 0 Å². The van der Waals surface area contributed by atoms with Crippen LogP contribution in [0.15, 0.2) is 24.3 Å². The standard InChI is InChI=1S/C18H23N3O/c1-4-14-5-6-17-15(12-14)16(11-13(2)19-17)18(22)21-9-7-20(3)8-10-21/h5-6,11-12H,4,7-10H2,1-3H3. The highest BCUT2D eigenvalue weighted by Crippen LogP contribution is 2.22. The molecule has 1 aliphatic rings. The number of carbonyl (C=O) groups excluding carboxylic acids is 1. The van der Waals surface area contributed by atoms with Gasteiger partial charge in [-0.15, -0.1) is 0 Å². The van der Waals surface area contributed by atoms with Gasteiger partial charge >= 0.3 is 0 Å². The molecule has 1 aromatic carbocycles. The number of rotatable bonds is 2. The van der Waals surface area contributed by atoms with Crippen LogP contribution in [-0.4, -0.2) is 53.9 Å². The number of fused-ring (bicyclic) bond motifs is 1. The van der Waals surface area contributed by atoms with Gasteiger partial charge in [-0.3, -0.25) is 9.78 Å². The van der Waals surface area contributed by atoms with Gasteiger partial charge in [-0.25, -0.2) is 0 Å². The molecule has 0 spiro atoms. The van der Waals surface area contributed by atoms with E-state index in [1.807, 2.05) is 24.0 Å². The topological polar surface area (TPSA) is 36.4 Å². The molecule has 0 radical (unpaired) electrons. The number of likely N-dealkylation sites (N-methyl/N-ethyl adjacent to an activating group) is 1. The van der Waals surface area contributed by atoms with Crippen molar-refractivity contribution in [3.05, 3.63) is 41.1 Å². The molecule has 2 aromatic rings. The third kappa shape index (κ3) is 2.83. The van der Waals surface area contributed by atoms with Crippen molar-refractivity contribution >= 4 is 16.8 Å². The predicted octanol–water partition coefficient (Wildman–Crippen LogP) is 2.49. The molecule has 4 heteroatoms. The van der Waals surface area contributed by atoms with E-state index in [0.717, 1.165) is 54.8 Å². The Morgan fingerprint density at radius 1 is 1.18 bits per heavy atom. The molecule has 0 saturated carbocycles. The van der Waals surface area contributed by atoms with E-state index < -0.39 is 0 Å². The molecule has 0 N–H and O–H groups in total. The Bertz CT molecular complexity index is 703. The summed E-state index contributed by atoms with van der Waals surface area (Å²) in [7, 11) is 2.10. The average molecular weight is 297 g/mol.